The fourth-order valence-electron chi connectivity index (χ4n) is 1.55. The lowest BCUT2D eigenvalue weighted by atomic mass is 10.3. The van der Waals surface area contributed by atoms with E-state index in [-0.39, 0.29) is 5.75 Å². The van der Waals surface area contributed by atoms with Crippen molar-refractivity contribution in [3.63, 3.8) is 0 Å². The van der Waals surface area contributed by atoms with E-state index in [1.807, 2.05) is 6.92 Å². The van der Waals surface area contributed by atoms with E-state index in [0.29, 0.717) is 23.8 Å². The second-order valence-corrected chi connectivity index (χ2v) is 3.80. The SMILES string of the molecule is CCn1nc(C)c(N)c1Oc1ccc(F)c(F)c1. The van der Waals surface area contributed by atoms with Crippen molar-refractivity contribution in [2.24, 2.45) is 0 Å². The number of hydrogen-bond donors (Lipinski definition) is 1. The van der Waals surface area contributed by atoms with Crippen LogP contribution in [0, 0.1) is 18.6 Å². The molecular weight excluding hydrogens is 240 g/mol. The normalized spacial score (nSPS) is 10.7. The standard InChI is InChI=1S/C12H13F2N3O/c1-3-17-12(11(15)7(2)16-17)18-8-4-5-9(13)10(14)6-8/h4-6H,3,15H2,1-2H3. The van der Waals surface area contributed by atoms with Gasteiger partial charge in [0.25, 0.3) is 0 Å². The van der Waals surface area contributed by atoms with Gasteiger partial charge in [-0.2, -0.15) is 5.10 Å². The molecule has 1 heterocycles. The molecule has 0 atom stereocenters. The van der Waals surface area contributed by atoms with Crippen LogP contribution in [0.2, 0.25) is 0 Å². The molecule has 0 amide bonds. The first kappa shape index (κ1) is 12.3. The summed E-state index contributed by atoms with van der Waals surface area (Å²) >= 11 is 0. The van der Waals surface area contributed by atoms with Gasteiger partial charge in [0.2, 0.25) is 5.88 Å². The molecular formula is C12H13F2N3O. The van der Waals surface area contributed by atoms with Gasteiger partial charge in [-0.1, -0.05) is 0 Å². The molecule has 4 nitrogen and oxygen atoms in total. The first-order valence-corrected chi connectivity index (χ1v) is 5.48. The number of nitrogens with two attached hydrogens (primary N) is 1. The highest BCUT2D eigenvalue weighted by Crippen LogP contribution is 2.30. The molecule has 1 aromatic carbocycles. The van der Waals surface area contributed by atoms with Gasteiger partial charge in [-0.05, 0) is 26.0 Å². The molecule has 2 rings (SSSR count). The van der Waals surface area contributed by atoms with Gasteiger partial charge in [-0.25, -0.2) is 13.5 Å². The summed E-state index contributed by atoms with van der Waals surface area (Å²) in [5.41, 5.74) is 6.84. The number of aryl methyl sites for hydroxylation is 2. The van der Waals surface area contributed by atoms with Crippen molar-refractivity contribution in [1.29, 1.82) is 0 Å². The summed E-state index contributed by atoms with van der Waals surface area (Å²) in [4.78, 5) is 0. The molecule has 6 heteroatoms. The minimum atomic E-state index is -0.967. The van der Waals surface area contributed by atoms with Crippen molar-refractivity contribution in [2.75, 3.05) is 5.73 Å². The Hall–Kier alpha value is -2.11. The van der Waals surface area contributed by atoms with Crippen molar-refractivity contribution < 1.29 is 13.5 Å². The van der Waals surface area contributed by atoms with Crippen molar-refractivity contribution in [3.8, 4) is 11.6 Å². The number of benzene rings is 1. The second kappa shape index (κ2) is 4.64. The molecule has 96 valence electrons. The quantitative estimate of drug-likeness (QED) is 0.915. The predicted molar refractivity (Wildman–Crippen MR) is 63.5 cm³/mol. The monoisotopic (exact) mass is 253 g/mol. The molecule has 2 aromatic rings. The lowest BCUT2D eigenvalue weighted by Crippen LogP contribution is -2.01. The number of anilines is 1. The highest BCUT2D eigenvalue weighted by atomic mass is 19.2. The Balaban J connectivity index is 2.36. The number of rotatable bonds is 3. The van der Waals surface area contributed by atoms with Crippen molar-refractivity contribution in [3.05, 3.63) is 35.5 Å². The van der Waals surface area contributed by atoms with Crippen LogP contribution in [0.15, 0.2) is 18.2 Å². The van der Waals surface area contributed by atoms with Crippen LogP contribution in [0.25, 0.3) is 0 Å². The molecule has 0 unspecified atom stereocenters. The van der Waals surface area contributed by atoms with E-state index in [4.69, 9.17) is 10.5 Å². The second-order valence-electron chi connectivity index (χ2n) is 3.80. The summed E-state index contributed by atoms with van der Waals surface area (Å²) < 4.78 is 32.9. The Morgan fingerprint density at radius 3 is 2.67 bits per heavy atom. The summed E-state index contributed by atoms with van der Waals surface area (Å²) in [5, 5.41) is 4.16. The molecule has 0 spiro atoms. The topological polar surface area (TPSA) is 53.1 Å². The van der Waals surface area contributed by atoms with Crippen LogP contribution < -0.4 is 10.5 Å². The maximum absolute atomic E-state index is 13.1. The zero-order valence-corrected chi connectivity index (χ0v) is 10.1. The van der Waals surface area contributed by atoms with E-state index in [1.54, 1.807) is 11.6 Å². The Labute approximate surface area is 103 Å². The Morgan fingerprint density at radius 2 is 2.06 bits per heavy atom. The summed E-state index contributed by atoms with van der Waals surface area (Å²) in [5.74, 6) is -1.38. The lowest BCUT2D eigenvalue weighted by Gasteiger charge is -2.08. The van der Waals surface area contributed by atoms with Gasteiger partial charge < -0.3 is 10.5 Å². The van der Waals surface area contributed by atoms with Crippen LogP contribution in [0.5, 0.6) is 11.6 Å². The summed E-state index contributed by atoms with van der Waals surface area (Å²) in [7, 11) is 0. The fraction of sp³-hybridized carbons (Fsp3) is 0.250. The Bertz CT molecular complexity index is 581. The minimum absolute atomic E-state index is 0.176. The molecule has 0 saturated carbocycles. The van der Waals surface area contributed by atoms with Crippen LogP contribution in [-0.4, -0.2) is 9.78 Å². The molecule has 0 fully saturated rings. The number of nitrogen functional groups attached to an aromatic ring is 1. The predicted octanol–water partition coefficient (Wildman–Crippen LogP) is 2.86. The molecule has 0 radical (unpaired) electrons. The maximum atomic E-state index is 13.1. The molecule has 0 aliphatic carbocycles. The Kier molecular flexibility index (Phi) is 3.18. The van der Waals surface area contributed by atoms with Gasteiger partial charge in [0.05, 0.1) is 5.69 Å². The zero-order chi connectivity index (χ0) is 13.3. The molecule has 18 heavy (non-hydrogen) atoms. The molecule has 2 N–H and O–H groups in total. The largest absolute Gasteiger partial charge is 0.437 e. The van der Waals surface area contributed by atoms with Crippen molar-refractivity contribution in [1.82, 2.24) is 9.78 Å². The van der Waals surface area contributed by atoms with E-state index in [0.717, 1.165) is 12.1 Å². The van der Waals surface area contributed by atoms with E-state index >= 15 is 0 Å². The van der Waals surface area contributed by atoms with Crippen molar-refractivity contribution >= 4 is 5.69 Å². The van der Waals surface area contributed by atoms with E-state index < -0.39 is 11.6 Å². The number of halogens is 2. The van der Waals surface area contributed by atoms with Crippen LogP contribution in [0.1, 0.15) is 12.6 Å². The van der Waals surface area contributed by atoms with Crippen LogP contribution in [0.3, 0.4) is 0 Å². The smallest absolute Gasteiger partial charge is 0.241 e. The number of aromatic nitrogens is 2. The third-order valence-electron chi connectivity index (χ3n) is 2.53. The third kappa shape index (κ3) is 2.13. The third-order valence-corrected chi connectivity index (χ3v) is 2.53. The lowest BCUT2D eigenvalue weighted by molar-refractivity contribution is 0.411. The minimum Gasteiger partial charge on any atom is -0.437 e. The zero-order valence-electron chi connectivity index (χ0n) is 10.1. The first-order chi connectivity index (χ1) is 8.52. The van der Waals surface area contributed by atoms with Gasteiger partial charge in [0.15, 0.2) is 11.6 Å². The van der Waals surface area contributed by atoms with Gasteiger partial charge >= 0.3 is 0 Å². The highest BCUT2D eigenvalue weighted by Gasteiger charge is 2.14. The summed E-state index contributed by atoms with van der Waals surface area (Å²) in [6, 6.07) is 3.30. The van der Waals surface area contributed by atoms with Gasteiger partial charge in [-0.15, -0.1) is 0 Å². The van der Waals surface area contributed by atoms with E-state index in [2.05, 4.69) is 5.10 Å². The molecule has 0 saturated heterocycles. The Morgan fingerprint density at radius 1 is 1.33 bits per heavy atom. The summed E-state index contributed by atoms with van der Waals surface area (Å²) in [6.45, 7) is 4.20. The molecule has 0 aliphatic heterocycles. The molecule has 1 aromatic heterocycles. The fourth-order valence-corrected chi connectivity index (χ4v) is 1.55. The summed E-state index contributed by atoms with van der Waals surface area (Å²) in [6.07, 6.45) is 0. The molecule has 0 aliphatic rings. The molecule has 0 bridgehead atoms. The first-order valence-electron chi connectivity index (χ1n) is 5.48. The van der Waals surface area contributed by atoms with Gasteiger partial charge in [0.1, 0.15) is 11.4 Å². The van der Waals surface area contributed by atoms with E-state index in [9.17, 15) is 8.78 Å². The maximum Gasteiger partial charge on any atom is 0.241 e. The van der Waals surface area contributed by atoms with Gasteiger partial charge in [0, 0.05) is 12.6 Å². The number of hydrogen-bond acceptors (Lipinski definition) is 3. The van der Waals surface area contributed by atoms with Crippen LogP contribution in [0.4, 0.5) is 14.5 Å². The van der Waals surface area contributed by atoms with Crippen molar-refractivity contribution in [2.45, 2.75) is 20.4 Å². The number of nitrogens with zero attached hydrogens (tertiary/aromatic N) is 2. The van der Waals surface area contributed by atoms with Crippen LogP contribution in [-0.2, 0) is 6.54 Å². The average molecular weight is 253 g/mol. The average Bonchev–Trinajstić information content (AvgIpc) is 2.61. The van der Waals surface area contributed by atoms with Crippen LogP contribution >= 0.6 is 0 Å². The highest BCUT2D eigenvalue weighted by molar-refractivity contribution is 5.53. The number of ether oxygens (including phenoxy) is 1. The van der Waals surface area contributed by atoms with E-state index in [1.165, 1.54) is 6.07 Å². The van der Waals surface area contributed by atoms with Gasteiger partial charge in [-0.3, -0.25) is 0 Å².